The van der Waals surface area contributed by atoms with Crippen molar-refractivity contribution in [2.24, 2.45) is 5.92 Å². The second-order valence-corrected chi connectivity index (χ2v) is 4.16. The van der Waals surface area contributed by atoms with Crippen molar-refractivity contribution in [3.63, 3.8) is 0 Å². The first-order chi connectivity index (χ1) is 7.52. The number of hydrogen-bond acceptors (Lipinski definition) is 2. The molecule has 1 amide bonds. The van der Waals surface area contributed by atoms with Crippen LogP contribution in [0.4, 0.5) is 0 Å². The van der Waals surface area contributed by atoms with Crippen LogP contribution >= 0.6 is 0 Å². The average molecular weight is 229 g/mol. The standard InChI is InChI=1S/C12H23NO3/c1-4-8-13(9-5-2)11(14)7-6-10(3)12(15)16/h10H,4-9H2,1-3H3,(H,15,16). The molecule has 0 saturated heterocycles. The Labute approximate surface area is 97.6 Å². The second kappa shape index (κ2) is 8.13. The predicted octanol–water partition coefficient (Wildman–Crippen LogP) is 2.14. The van der Waals surface area contributed by atoms with E-state index in [-0.39, 0.29) is 5.91 Å². The maximum Gasteiger partial charge on any atom is 0.306 e. The Kier molecular flexibility index (Phi) is 7.60. The molecular formula is C12H23NO3. The van der Waals surface area contributed by atoms with Crippen LogP contribution in [0.25, 0.3) is 0 Å². The molecule has 0 rings (SSSR count). The van der Waals surface area contributed by atoms with Gasteiger partial charge < -0.3 is 10.0 Å². The maximum atomic E-state index is 11.8. The average Bonchev–Trinajstić information content (AvgIpc) is 2.24. The number of carbonyl (C=O) groups is 2. The van der Waals surface area contributed by atoms with Gasteiger partial charge in [-0.3, -0.25) is 9.59 Å². The van der Waals surface area contributed by atoms with E-state index in [9.17, 15) is 9.59 Å². The molecule has 1 atom stereocenters. The topological polar surface area (TPSA) is 57.6 Å². The van der Waals surface area contributed by atoms with E-state index in [0.717, 1.165) is 25.9 Å². The summed E-state index contributed by atoms with van der Waals surface area (Å²) in [6.07, 6.45) is 2.66. The van der Waals surface area contributed by atoms with E-state index in [0.29, 0.717) is 12.8 Å². The lowest BCUT2D eigenvalue weighted by atomic mass is 10.1. The highest BCUT2D eigenvalue weighted by Crippen LogP contribution is 2.08. The van der Waals surface area contributed by atoms with Gasteiger partial charge in [-0.1, -0.05) is 20.8 Å². The lowest BCUT2D eigenvalue weighted by Crippen LogP contribution is -2.32. The molecule has 4 heteroatoms. The SMILES string of the molecule is CCCN(CCC)C(=O)CCC(C)C(=O)O. The minimum Gasteiger partial charge on any atom is -0.481 e. The molecule has 0 aromatic heterocycles. The van der Waals surface area contributed by atoms with E-state index in [2.05, 4.69) is 0 Å². The summed E-state index contributed by atoms with van der Waals surface area (Å²) in [5, 5.41) is 8.72. The summed E-state index contributed by atoms with van der Waals surface area (Å²) in [4.78, 5) is 24.2. The molecule has 0 aromatic carbocycles. The Balaban J connectivity index is 4.04. The zero-order valence-electron chi connectivity index (χ0n) is 10.5. The molecule has 0 aliphatic heterocycles. The minimum absolute atomic E-state index is 0.0804. The fraction of sp³-hybridized carbons (Fsp3) is 0.833. The molecule has 0 aromatic rings. The number of carboxylic acid groups (broad SMARTS) is 1. The van der Waals surface area contributed by atoms with Gasteiger partial charge in [0.15, 0.2) is 0 Å². The molecule has 0 fully saturated rings. The number of carbonyl (C=O) groups excluding carboxylic acids is 1. The van der Waals surface area contributed by atoms with Crippen LogP contribution in [-0.4, -0.2) is 35.0 Å². The van der Waals surface area contributed by atoms with Crippen LogP contribution in [0, 0.1) is 5.92 Å². The van der Waals surface area contributed by atoms with Gasteiger partial charge in [-0.15, -0.1) is 0 Å². The second-order valence-electron chi connectivity index (χ2n) is 4.16. The predicted molar refractivity (Wildman–Crippen MR) is 63.2 cm³/mol. The van der Waals surface area contributed by atoms with Crippen LogP contribution in [0.2, 0.25) is 0 Å². The highest BCUT2D eigenvalue weighted by molar-refractivity contribution is 5.77. The van der Waals surface area contributed by atoms with Gasteiger partial charge in [-0.05, 0) is 19.3 Å². The first-order valence-electron chi connectivity index (χ1n) is 6.03. The summed E-state index contributed by atoms with van der Waals surface area (Å²) in [6.45, 7) is 7.26. The Morgan fingerprint density at radius 2 is 1.69 bits per heavy atom. The molecule has 0 radical (unpaired) electrons. The van der Waals surface area contributed by atoms with Gasteiger partial charge in [0.05, 0.1) is 5.92 Å². The maximum absolute atomic E-state index is 11.8. The van der Waals surface area contributed by atoms with Crippen LogP contribution in [0.1, 0.15) is 46.5 Å². The lowest BCUT2D eigenvalue weighted by molar-refractivity contribution is -0.141. The van der Waals surface area contributed by atoms with Gasteiger partial charge in [-0.2, -0.15) is 0 Å². The van der Waals surface area contributed by atoms with Gasteiger partial charge >= 0.3 is 5.97 Å². The van der Waals surface area contributed by atoms with Gasteiger partial charge in [-0.25, -0.2) is 0 Å². The summed E-state index contributed by atoms with van der Waals surface area (Å²) >= 11 is 0. The van der Waals surface area contributed by atoms with Crippen LogP contribution in [0.5, 0.6) is 0 Å². The van der Waals surface area contributed by atoms with E-state index in [1.54, 1.807) is 6.92 Å². The summed E-state index contributed by atoms with van der Waals surface area (Å²) < 4.78 is 0. The first-order valence-corrected chi connectivity index (χ1v) is 6.03. The minimum atomic E-state index is -0.828. The van der Waals surface area contributed by atoms with Gasteiger partial charge in [0.25, 0.3) is 0 Å². The summed E-state index contributed by atoms with van der Waals surface area (Å²) in [7, 11) is 0. The largest absolute Gasteiger partial charge is 0.481 e. The van der Waals surface area contributed by atoms with Crippen molar-refractivity contribution in [1.29, 1.82) is 0 Å². The van der Waals surface area contributed by atoms with E-state index in [1.807, 2.05) is 18.7 Å². The lowest BCUT2D eigenvalue weighted by Gasteiger charge is -2.21. The van der Waals surface area contributed by atoms with Crippen LogP contribution < -0.4 is 0 Å². The fourth-order valence-electron chi connectivity index (χ4n) is 1.52. The monoisotopic (exact) mass is 229 g/mol. The molecule has 0 saturated carbocycles. The van der Waals surface area contributed by atoms with Crippen molar-refractivity contribution in [3.8, 4) is 0 Å². The van der Waals surface area contributed by atoms with E-state index in [4.69, 9.17) is 5.11 Å². The molecule has 0 bridgehead atoms. The third-order valence-corrected chi connectivity index (χ3v) is 2.55. The Morgan fingerprint density at radius 1 is 1.19 bits per heavy atom. The van der Waals surface area contributed by atoms with Crippen molar-refractivity contribution in [1.82, 2.24) is 4.90 Å². The van der Waals surface area contributed by atoms with Gasteiger partial charge in [0, 0.05) is 19.5 Å². The fourth-order valence-corrected chi connectivity index (χ4v) is 1.52. The zero-order valence-corrected chi connectivity index (χ0v) is 10.5. The van der Waals surface area contributed by atoms with Crippen molar-refractivity contribution in [2.75, 3.05) is 13.1 Å². The van der Waals surface area contributed by atoms with Crippen LogP contribution in [0.3, 0.4) is 0 Å². The Morgan fingerprint density at radius 3 is 2.06 bits per heavy atom. The number of rotatable bonds is 8. The molecule has 1 N–H and O–H groups in total. The molecule has 94 valence electrons. The van der Waals surface area contributed by atoms with Gasteiger partial charge in [0.1, 0.15) is 0 Å². The molecule has 1 unspecified atom stereocenters. The number of aliphatic carboxylic acids is 1. The molecule has 0 aliphatic rings. The highest BCUT2D eigenvalue weighted by Gasteiger charge is 2.16. The number of carboxylic acids is 1. The Bertz CT molecular complexity index is 222. The molecule has 0 spiro atoms. The number of nitrogens with zero attached hydrogens (tertiary/aromatic N) is 1. The quantitative estimate of drug-likeness (QED) is 0.693. The summed E-state index contributed by atoms with van der Waals surface area (Å²) in [5.41, 5.74) is 0. The third kappa shape index (κ3) is 5.73. The summed E-state index contributed by atoms with van der Waals surface area (Å²) in [5.74, 6) is -1.18. The first kappa shape index (κ1) is 14.9. The number of amides is 1. The zero-order chi connectivity index (χ0) is 12.6. The molecule has 16 heavy (non-hydrogen) atoms. The van der Waals surface area contributed by atoms with Crippen molar-refractivity contribution in [2.45, 2.75) is 46.5 Å². The van der Waals surface area contributed by atoms with Crippen molar-refractivity contribution in [3.05, 3.63) is 0 Å². The van der Waals surface area contributed by atoms with Gasteiger partial charge in [0.2, 0.25) is 5.91 Å². The van der Waals surface area contributed by atoms with Crippen LogP contribution in [-0.2, 0) is 9.59 Å². The third-order valence-electron chi connectivity index (χ3n) is 2.55. The Hall–Kier alpha value is -1.06. The van der Waals surface area contributed by atoms with Crippen molar-refractivity contribution >= 4 is 11.9 Å². The summed E-state index contributed by atoms with van der Waals surface area (Å²) in [6, 6.07) is 0. The van der Waals surface area contributed by atoms with Crippen molar-refractivity contribution < 1.29 is 14.7 Å². The van der Waals surface area contributed by atoms with E-state index in [1.165, 1.54) is 0 Å². The molecule has 0 heterocycles. The molecule has 4 nitrogen and oxygen atoms in total. The van der Waals surface area contributed by atoms with E-state index < -0.39 is 11.9 Å². The van der Waals surface area contributed by atoms with Crippen LogP contribution in [0.15, 0.2) is 0 Å². The van der Waals surface area contributed by atoms with E-state index >= 15 is 0 Å². The number of hydrogen-bond donors (Lipinski definition) is 1. The normalized spacial score (nSPS) is 12.2. The smallest absolute Gasteiger partial charge is 0.306 e. The molecule has 0 aliphatic carbocycles. The highest BCUT2D eigenvalue weighted by atomic mass is 16.4. The molecular weight excluding hydrogens is 206 g/mol.